The van der Waals surface area contributed by atoms with Crippen LogP contribution in [0, 0.1) is 5.92 Å². The zero-order valence-electron chi connectivity index (χ0n) is 11.4. The number of halogens is 5. The van der Waals surface area contributed by atoms with Crippen LogP contribution in [0.5, 0.6) is 0 Å². The van der Waals surface area contributed by atoms with Crippen molar-refractivity contribution in [2.45, 2.75) is 56.9 Å². The van der Waals surface area contributed by atoms with Gasteiger partial charge in [-0.15, -0.1) is 0 Å². The maximum Gasteiger partial charge on any atom is 0.420 e. The third kappa shape index (κ3) is 4.15. The van der Waals surface area contributed by atoms with Crippen molar-refractivity contribution < 1.29 is 36.6 Å². The highest BCUT2D eigenvalue weighted by molar-refractivity contribution is 5.87. The van der Waals surface area contributed by atoms with Crippen LogP contribution in [0.4, 0.5) is 22.0 Å². The number of ether oxygens (including phenoxy) is 1. The van der Waals surface area contributed by atoms with E-state index >= 15 is 0 Å². The Morgan fingerprint density at radius 3 is 2.10 bits per heavy atom. The Bertz CT molecular complexity index is 399. The second-order valence-corrected chi connectivity index (χ2v) is 5.27. The smallest absolute Gasteiger partial charge is 0.420 e. The predicted molar refractivity (Wildman–Crippen MR) is 63.7 cm³/mol. The molecular weight excluding hydrogens is 299 g/mol. The quantitative estimate of drug-likeness (QED) is 0.481. The van der Waals surface area contributed by atoms with Crippen molar-refractivity contribution >= 4 is 5.97 Å². The fraction of sp³-hybridized carbons (Fsp3) is 0.769. The van der Waals surface area contributed by atoms with Crippen molar-refractivity contribution in [1.82, 2.24) is 0 Å². The number of aliphatic hydroxyl groups excluding tert-OH is 1. The fourth-order valence-electron chi connectivity index (χ4n) is 2.34. The number of esters is 1. The van der Waals surface area contributed by atoms with Crippen LogP contribution in [-0.4, -0.2) is 35.4 Å². The summed E-state index contributed by atoms with van der Waals surface area (Å²) >= 11 is 0. The Labute approximate surface area is 118 Å². The van der Waals surface area contributed by atoms with E-state index in [9.17, 15) is 26.7 Å². The maximum atomic E-state index is 14.0. The first-order valence-corrected chi connectivity index (χ1v) is 6.47. The number of carbonyl (C=O) groups is 1. The van der Waals surface area contributed by atoms with Crippen molar-refractivity contribution in [3.63, 3.8) is 0 Å². The molecular formula is C13H17F5O3. The van der Waals surface area contributed by atoms with Crippen molar-refractivity contribution in [1.29, 1.82) is 0 Å². The summed E-state index contributed by atoms with van der Waals surface area (Å²) in [6, 6.07) is 0. The van der Waals surface area contributed by atoms with Crippen molar-refractivity contribution in [3.05, 3.63) is 12.2 Å². The predicted octanol–water partition coefficient (Wildman–Crippen LogP) is 3.22. The summed E-state index contributed by atoms with van der Waals surface area (Å²) in [5.41, 5.74) is -0.199. The monoisotopic (exact) mass is 316 g/mol. The molecule has 0 aromatic carbocycles. The Balaban J connectivity index is 3.04. The normalized spacial score (nSPS) is 20.1. The van der Waals surface area contributed by atoms with Gasteiger partial charge in [-0.2, -0.15) is 22.0 Å². The lowest BCUT2D eigenvalue weighted by Crippen LogP contribution is -2.55. The molecule has 0 aromatic heterocycles. The van der Waals surface area contributed by atoms with E-state index in [-0.39, 0.29) is 18.4 Å². The molecule has 1 rings (SSSR count). The lowest BCUT2D eigenvalue weighted by Gasteiger charge is -2.34. The second-order valence-electron chi connectivity index (χ2n) is 5.27. The van der Waals surface area contributed by atoms with Gasteiger partial charge in [0.15, 0.2) is 6.10 Å². The molecule has 1 N–H and O–H groups in total. The van der Waals surface area contributed by atoms with Crippen LogP contribution in [0.1, 0.15) is 32.6 Å². The summed E-state index contributed by atoms with van der Waals surface area (Å²) in [6.45, 7) is 4.41. The summed E-state index contributed by atoms with van der Waals surface area (Å²) in [5, 5.41) is 8.91. The van der Waals surface area contributed by atoms with E-state index in [0.717, 1.165) is 0 Å². The molecule has 3 nitrogen and oxygen atoms in total. The lowest BCUT2D eigenvalue weighted by molar-refractivity contribution is -0.297. The third-order valence-electron chi connectivity index (χ3n) is 3.46. The minimum absolute atomic E-state index is 0.199. The standard InChI is InChI=1S/C13H17F5O3/c1-7(2)10(19)21-9(8-5-3-4-6-8)12(14,15)11(20)13(16,17)18/h8-9,11,20H,1,3-6H2,2H3. The molecule has 0 spiro atoms. The summed E-state index contributed by atoms with van der Waals surface area (Å²) in [5.74, 6) is -6.72. The number of hydrogen-bond acceptors (Lipinski definition) is 3. The summed E-state index contributed by atoms with van der Waals surface area (Å²) in [7, 11) is 0. The molecule has 0 bridgehead atoms. The molecule has 0 aliphatic heterocycles. The van der Waals surface area contributed by atoms with Gasteiger partial charge in [-0.3, -0.25) is 0 Å². The molecule has 2 atom stereocenters. The number of aliphatic hydroxyl groups is 1. The second kappa shape index (κ2) is 6.29. The van der Waals surface area contributed by atoms with Crippen LogP contribution >= 0.6 is 0 Å². The SMILES string of the molecule is C=C(C)C(=O)OC(C1CCCC1)C(F)(F)C(O)C(F)(F)F. The average molecular weight is 316 g/mol. The topological polar surface area (TPSA) is 46.5 Å². The van der Waals surface area contributed by atoms with Crippen molar-refractivity contribution in [2.75, 3.05) is 0 Å². The van der Waals surface area contributed by atoms with Gasteiger partial charge in [0.25, 0.3) is 0 Å². The molecule has 0 saturated heterocycles. The number of carbonyl (C=O) groups excluding carboxylic acids is 1. The highest BCUT2D eigenvalue weighted by Crippen LogP contribution is 2.42. The lowest BCUT2D eigenvalue weighted by atomic mass is 9.92. The zero-order chi connectivity index (χ0) is 16.4. The molecule has 0 amide bonds. The van der Waals surface area contributed by atoms with Gasteiger partial charge in [0.2, 0.25) is 6.10 Å². The van der Waals surface area contributed by atoms with Gasteiger partial charge in [0, 0.05) is 11.5 Å². The van der Waals surface area contributed by atoms with E-state index in [2.05, 4.69) is 11.3 Å². The first-order valence-electron chi connectivity index (χ1n) is 6.47. The molecule has 21 heavy (non-hydrogen) atoms. The average Bonchev–Trinajstić information content (AvgIpc) is 2.86. The molecule has 8 heteroatoms. The Hall–Kier alpha value is -1.18. The van der Waals surface area contributed by atoms with Gasteiger partial charge < -0.3 is 9.84 Å². The number of alkyl halides is 5. The Morgan fingerprint density at radius 2 is 1.71 bits per heavy atom. The van der Waals surface area contributed by atoms with Crippen LogP contribution in [0.15, 0.2) is 12.2 Å². The van der Waals surface area contributed by atoms with Gasteiger partial charge in [0.1, 0.15) is 0 Å². The van der Waals surface area contributed by atoms with Crippen LogP contribution < -0.4 is 0 Å². The minimum atomic E-state index is -5.50. The summed E-state index contributed by atoms with van der Waals surface area (Å²) in [6.07, 6.45) is -10.2. The number of rotatable bonds is 5. The van der Waals surface area contributed by atoms with Gasteiger partial charge >= 0.3 is 18.1 Å². The molecule has 0 aromatic rings. The Kier molecular flexibility index (Phi) is 5.35. The number of hydrogen-bond donors (Lipinski definition) is 1. The summed E-state index contributed by atoms with van der Waals surface area (Å²) < 4.78 is 69.7. The first kappa shape index (κ1) is 17.9. The molecule has 122 valence electrons. The van der Waals surface area contributed by atoms with Gasteiger partial charge in [-0.1, -0.05) is 19.4 Å². The molecule has 1 saturated carbocycles. The van der Waals surface area contributed by atoms with E-state index in [1.54, 1.807) is 0 Å². The van der Waals surface area contributed by atoms with E-state index in [1.165, 1.54) is 6.92 Å². The van der Waals surface area contributed by atoms with Gasteiger partial charge in [-0.25, -0.2) is 4.79 Å². The van der Waals surface area contributed by atoms with E-state index in [0.29, 0.717) is 12.8 Å². The van der Waals surface area contributed by atoms with E-state index < -0.39 is 36.2 Å². The van der Waals surface area contributed by atoms with E-state index in [1.807, 2.05) is 0 Å². The van der Waals surface area contributed by atoms with Crippen LogP contribution in [0.3, 0.4) is 0 Å². The fourth-order valence-corrected chi connectivity index (χ4v) is 2.34. The minimum Gasteiger partial charge on any atom is -0.452 e. The first-order chi connectivity index (χ1) is 9.48. The summed E-state index contributed by atoms with van der Waals surface area (Å²) in [4.78, 5) is 11.4. The highest BCUT2D eigenvalue weighted by atomic mass is 19.4. The van der Waals surface area contributed by atoms with Gasteiger partial charge in [0.05, 0.1) is 0 Å². The molecule has 1 fully saturated rings. The van der Waals surface area contributed by atoms with Crippen LogP contribution in [0.25, 0.3) is 0 Å². The zero-order valence-corrected chi connectivity index (χ0v) is 11.4. The van der Waals surface area contributed by atoms with Crippen molar-refractivity contribution in [2.24, 2.45) is 5.92 Å². The van der Waals surface area contributed by atoms with Crippen LogP contribution in [0.2, 0.25) is 0 Å². The maximum absolute atomic E-state index is 14.0. The highest BCUT2D eigenvalue weighted by Gasteiger charge is 2.62. The van der Waals surface area contributed by atoms with Crippen molar-refractivity contribution in [3.8, 4) is 0 Å². The molecule has 0 radical (unpaired) electrons. The molecule has 0 heterocycles. The molecule has 1 aliphatic rings. The Morgan fingerprint density at radius 1 is 1.24 bits per heavy atom. The third-order valence-corrected chi connectivity index (χ3v) is 3.46. The van der Waals surface area contributed by atoms with Crippen LogP contribution in [-0.2, 0) is 9.53 Å². The van der Waals surface area contributed by atoms with Gasteiger partial charge in [-0.05, 0) is 19.8 Å². The largest absolute Gasteiger partial charge is 0.452 e. The molecule has 2 unspecified atom stereocenters. The van der Waals surface area contributed by atoms with E-state index in [4.69, 9.17) is 5.11 Å². The molecule has 1 aliphatic carbocycles.